The Kier molecular flexibility index (Phi) is 4.27. The van der Waals surface area contributed by atoms with E-state index in [1.807, 2.05) is 36.4 Å². The Hall–Kier alpha value is -1.78. The normalized spacial score (nSPS) is 13.4. The molecule has 104 valence electrons. The molecule has 0 spiro atoms. The lowest BCUT2D eigenvalue weighted by atomic mass is 9.98. The van der Waals surface area contributed by atoms with E-state index in [0.29, 0.717) is 5.56 Å². The third-order valence-electron chi connectivity index (χ3n) is 3.19. The first-order valence-corrected chi connectivity index (χ1v) is 8.44. The number of nitrogens with zero attached hydrogens (tertiary/aromatic N) is 1. The highest BCUT2D eigenvalue weighted by atomic mass is 32.3. The van der Waals surface area contributed by atoms with Crippen molar-refractivity contribution in [2.45, 2.75) is 0 Å². The minimum Gasteiger partial charge on any atom is -0.289 e. The van der Waals surface area contributed by atoms with Gasteiger partial charge in [0.2, 0.25) is 0 Å². The number of hydrogen-bond acceptors (Lipinski definition) is 4. The lowest BCUT2D eigenvalue weighted by Gasteiger charge is -2.20. The van der Waals surface area contributed by atoms with Crippen LogP contribution in [0.25, 0.3) is 11.6 Å². The Morgan fingerprint density at radius 3 is 2.24 bits per heavy atom. The second kappa shape index (κ2) is 6.33. The van der Waals surface area contributed by atoms with Crippen LogP contribution in [0, 0.1) is 0 Å². The van der Waals surface area contributed by atoms with Crippen LogP contribution >= 0.6 is 23.5 Å². The number of hydrogen-bond donors (Lipinski definition) is 0. The number of pyridine rings is 1. The predicted molar refractivity (Wildman–Crippen MR) is 92.1 cm³/mol. The standard InChI is InChI=1S/C17H13NOS2/c1-2-12-3-5-14(6-4-12)16(19)15(17-20-11-21-17)13-7-9-18-10-8-13/h2-10H,1,11H2. The topological polar surface area (TPSA) is 30.0 Å². The Bertz CT molecular complexity index is 699. The average molecular weight is 311 g/mol. The van der Waals surface area contributed by atoms with Gasteiger partial charge in [-0.15, -0.1) is 23.5 Å². The van der Waals surface area contributed by atoms with Crippen LogP contribution in [-0.2, 0) is 0 Å². The van der Waals surface area contributed by atoms with Crippen molar-refractivity contribution in [1.29, 1.82) is 0 Å². The molecule has 2 nitrogen and oxygen atoms in total. The molecule has 0 bridgehead atoms. The Balaban J connectivity index is 2.01. The molecule has 1 fully saturated rings. The minimum atomic E-state index is 0.0616. The van der Waals surface area contributed by atoms with Gasteiger partial charge in [-0.25, -0.2) is 0 Å². The van der Waals surface area contributed by atoms with Crippen molar-refractivity contribution in [2.75, 3.05) is 5.08 Å². The fourth-order valence-corrected chi connectivity index (χ4v) is 3.69. The van der Waals surface area contributed by atoms with Crippen molar-refractivity contribution >= 4 is 41.0 Å². The van der Waals surface area contributed by atoms with Crippen molar-refractivity contribution < 1.29 is 4.79 Å². The summed E-state index contributed by atoms with van der Waals surface area (Å²) in [7, 11) is 0. The van der Waals surface area contributed by atoms with Crippen LogP contribution in [0.4, 0.5) is 0 Å². The molecule has 2 aromatic rings. The van der Waals surface area contributed by atoms with Crippen molar-refractivity contribution in [3.05, 3.63) is 76.3 Å². The minimum absolute atomic E-state index is 0.0616. The molecule has 1 aromatic heterocycles. The van der Waals surface area contributed by atoms with Crippen molar-refractivity contribution in [3.8, 4) is 0 Å². The molecule has 4 heteroatoms. The van der Waals surface area contributed by atoms with Gasteiger partial charge >= 0.3 is 0 Å². The number of ketones is 1. The third-order valence-corrected chi connectivity index (χ3v) is 5.77. The molecule has 3 rings (SSSR count). The molecule has 0 saturated carbocycles. The predicted octanol–water partition coefficient (Wildman–Crippen LogP) is 4.71. The molecule has 0 amide bonds. The Morgan fingerprint density at radius 1 is 1.05 bits per heavy atom. The van der Waals surface area contributed by atoms with Gasteiger partial charge in [0.25, 0.3) is 0 Å². The molecule has 1 aliphatic rings. The molecular formula is C17H13NOS2. The van der Waals surface area contributed by atoms with E-state index in [1.165, 1.54) is 0 Å². The maximum absolute atomic E-state index is 12.8. The summed E-state index contributed by atoms with van der Waals surface area (Å²) in [6.07, 6.45) is 5.21. The van der Waals surface area contributed by atoms with Crippen LogP contribution in [0.5, 0.6) is 0 Å². The zero-order valence-electron chi connectivity index (χ0n) is 11.3. The van der Waals surface area contributed by atoms with E-state index in [0.717, 1.165) is 26.0 Å². The number of Topliss-reactive ketones (excluding diaryl/α,β-unsaturated/α-hetero) is 1. The number of benzene rings is 1. The smallest absolute Gasteiger partial charge is 0.195 e. The summed E-state index contributed by atoms with van der Waals surface area (Å²) in [5, 5.41) is 1.01. The maximum Gasteiger partial charge on any atom is 0.195 e. The molecule has 0 unspecified atom stereocenters. The van der Waals surface area contributed by atoms with E-state index in [9.17, 15) is 4.79 Å². The summed E-state index contributed by atoms with van der Waals surface area (Å²) in [4.78, 5) is 16.9. The van der Waals surface area contributed by atoms with Crippen molar-refractivity contribution in [2.24, 2.45) is 0 Å². The molecule has 2 heterocycles. The second-order valence-electron chi connectivity index (χ2n) is 4.46. The fraction of sp³-hybridized carbons (Fsp3) is 0.0588. The first-order chi connectivity index (χ1) is 10.3. The molecule has 0 radical (unpaired) electrons. The number of carbonyl (C=O) groups excluding carboxylic acids is 1. The molecule has 0 atom stereocenters. The highest BCUT2D eigenvalue weighted by Gasteiger charge is 2.24. The van der Waals surface area contributed by atoms with Gasteiger partial charge < -0.3 is 0 Å². The van der Waals surface area contributed by atoms with E-state index in [-0.39, 0.29) is 5.78 Å². The zero-order chi connectivity index (χ0) is 14.7. The summed E-state index contributed by atoms with van der Waals surface area (Å²) in [6.45, 7) is 3.73. The monoisotopic (exact) mass is 311 g/mol. The summed E-state index contributed by atoms with van der Waals surface area (Å²) in [5.74, 6) is 0.0616. The second-order valence-corrected chi connectivity index (χ2v) is 7.06. The van der Waals surface area contributed by atoms with E-state index < -0.39 is 0 Å². The first-order valence-electron chi connectivity index (χ1n) is 6.47. The van der Waals surface area contributed by atoms with Crippen LogP contribution in [0.3, 0.4) is 0 Å². The highest BCUT2D eigenvalue weighted by Crippen LogP contribution is 2.48. The highest BCUT2D eigenvalue weighted by molar-refractivity contribution is 8.37. The van der Waals surface area contributed by atoms with Gasteiger partial charge in [0.1, 0.15) is 0 Å². The average Bonchev–Trinajstić information content (AvgIpc) is 2.51. The summed E-state index contributed by atoms with van der Waals surface area (Å²) >= 11 is 3.45. The van der Waals surface area contributed by atoms with E-state index in [1.54, 1.807) is 42.0 Å². The largest absolute Gasteiger partial charge is 0.289 e. The summed E-state index contributed by atoms with van der Waals surface area (Å²) in [5.41, 5.74) is 3.42. The van der Waals surface area contributed by atoms with E-state index in [4.69, 9.17) is 0 Å². The quantitative estimate of drug-likeness (QED) is 0.604. The van der Waals surface area contributed by atoms with Crippen molar-refractivity contribution in [1.82, 2.24) is 4.98 Å². The van der Waals surface area contributed by atoms with Crippen LogP contribution in [-0.4, -0.2) is 15.9 Å². The number of allylic oxidation sites excluding steroid dienone is 1. The van der Waals surface area contributed by atoms with E-state index in [2.05, 4.69) is 11.6 Å². The van der Waals surface area contributed by atoms with Crippen LogP contribution in [0.1, 0.15) is 21.5 Å². The van der Waals surface area contributed by atoms with Crippen LogP contribution < -0.4 is 0 Å². The molecule has 0 N–H and O–H groups in total. The first kappa shape index (κ1) is 14.2. The lowest BCUT2D eigenvalue weighted by molar-refractivity contribution is 0.105. The Morgan fingerprint density at radius 2 is 1.71 bits per heavy atom. The molecule has 0 aliphatic carbocycles. The molecule has 1 saturated heterocycles. The zero-order valence-corrected chi connectivity index (χ0v) is 12.9. The van der Waals surface area contributed by atoms with Gasteiger partial charge in [-0.05, 0) is 23.3 Å². The van der Waals surface area contributed by atoms with Crippen LogP contribution in [0.15, 0.2) is 59.6 Å². The summed E-state index contributed by atoms with van der Waals surface area (Å²) in [6, 6.07) is 11.3. The molecular weight excluding hydrogens is 298 g/mol. The SMILES string of the molecule is C=Cc1ccc(C(=O)C(=C2SCS2)c2ccncc2)cc1. The molecule has 1 aromatic carbocycles. The van der Waals surface area contributed by atoms with Gasteiger partial charge in [0.15, 0.2) is 5.78 Å². The van der Waals surface area contributed by atoms with Gasteiger partial charge in [-0.2, -0.15) is 0 Å². The lowest BCUT2D eigenvalue weighted by Crippen LogP contribution is -2.07. The van der Waals surface area contributed by atoms with E-state index >= 15 is 0 Å². The Labute approximate surface area is 132 Å². The molecule has 1 aliphatic heterocycles. The number of thioether (sulfide) groups is 2. The van der Waals surface area contributed by atoms with Gasteiger partial charge in [0, 0.05) is 28.6 Å². The summed E-state index contributed by atoms with van der Waals surface area (Å²) < 4.78 is 1.10. The number of carbonyl (C=O) groups is 1. The molecule has 21 heavy (non-hydrogen) atoms. The van der Waals surface area contributed by atoms with Gasteiger partial charge in [-0.3, -0.25) is 9.78 Å². The van der Waals surface area contributed by atoms with Crippen molar-refractivity contribution in [3.63, 3.8) is 0 Å². The van der Waals surface area contributed by atoms with Crippen LogP contribution in [0.2, 0.25) is 0 Å². The third kappa shape index (κ3) is 2.96. The number of aromatic nitrogens is 1. The maximum atomic E-state index is 12.8. The van der Waals surface area contributed by atoms with Gasteiger partial charge in [0.05, 0.1) is 4.24 Å². The number of rotatable bonds is 4. The fourth-order valence-electron chi connectivity index (χ4n) is 2.04. The van der Waals surface area contributed by atoms with Gasteiger partial charge in [-0.1, -0.05) is 36.9 Å².